The van der Waals surface area contributed by atoms with Crippen molar-refractivity contribution in [2.75, 3.05) is 4.90 Å². The molecule has 0 amide bonds. The number of aromatic nitrogens is 3. The number of hydrogen-bond donors (Lipinski definition) is 0. The summed E-state index contributed by atoms with van der Waals surface area (Å²) in [4.78, 5) is 12.8. The van der Waals surface area contributed by atoms with Gasteiger partial charge in [0.15, 0.2) is 0 Å². The molecule has 0 fully saturated rings. The molecular formula is C46H32N4. The van der Waals surface area contributed by atoms with E-state index in [1.807, 2.05) is 12.1 Å². The molecule has 3 heterocycles. The van der Waals surface area contributed by atoms with Gasteiger partial charge in [0.2, 0.25) is 5.95 Å². The number of nitrogens with zero attached hydrogens (tertiary/aromatic N) is 4. The molecule has 1 aliphatic heterocycles. The van der Waals surface area contributed by atoms with Crippen LogP contribution < -0.4 is 4.90 Å². The number of allylic oxidation sites excluding steroid dienone is 4. The summed E-state index contributed by atoms with van der Waals surface area (Å²) in [5, 5.41) is 2.51. The molecule has 1 unspecified atom stereocenters. The van der Waals surface area contributed by atoms with Gasteiger partial charge in [0.25, 0.3) is 0 Å². The predicted molar refractivity (Wildman–Crippen MR) is 206 cm³/mol. The summed E-state index contributed by atoms with van der Waals surface area (Å²) in [6, 6.07) is 57.9. The second kappa shape index (κ2) is 11.6. The Balaban J connectivity index is 1.13. The van der Waals surface area contributed by atoms with Crippen LogP contribution in [0.1, 0.15) is 23.5 Å². The number of fused-ring (bicyclic) bond motifs is 6. The highest BCUT2D eigenvalue weighted by atomic mass is 15.3. The Labute approximate surface area is 290 Å². The summed E-state index contributed by atoms with van der Waals surface area (Å²) in [6.07, 6.45) is 5.68. The molecule has 6 aromatic carbocycles. The first-order valence-electron chi connectivity index (χ1n) is 17.2. The Morgan fingerprint density at radius 2 is 1.14 bits per heavy atom. The molecule has 4 heteroatoms. The Morgan fingerprint density at radius 1 is 0.520 bits per heavy atom. The molecule has 0 saturated carbocycles. The van der Waals surface area contributed by atoms with E-state index in [4.69, 9.17) is 9.97 Å². The van der Waals surface area contributed by atoms with Crippen LogP contribution in [0.4, 0.5) is 11.6 Å². The lowest BCUT2D eigenvalue weighted by molar-refractivity contribution is 0.816. The molecule has 2 aliphatic rings. The third-order valence-electron chi connectivity index (χ3n) is 10.1. The van der Waals surface area contributed by atoms with Crippen molar-refractivity contribution in [2.24, 2.45) is 0 Å². The number of para-hydroxylation sites is 3. The van der Waals surface area contributed by atoms with Crippen LogP contribution in [0.5, 0.6) is 0 Å². The maximum atomic E-state index is 5.26. The van der Waals surface area contributed by atoms with Crippen molar-refractivity contribution in [3.63, 3.8) is 0 Å². The van der Waals surface area contributed by atoms with Gasteiger partial charge >= 0.3 is 0 Å². The third kappa shape index (κ3) is 4.61. The van der Waals surface area contributed by atoms with Gasteiger partial charge in [0.1, 0.15) is 0 Å². The molecule has 4 nitrogen and oxygen atoms in total. The fourth-order valence-electron chi connectivity index (χ4n) is 7.80. The van der Waals surface area contributed by atoms with Crippen molar-refractivity contribution < 1.29 is 0 Å². The van der Waals surface area contributed by atoms with Crippen LogP contribution in [0.3, 0.4) is 0 Å². The monoisotopic (exact) mass is 640 g/mol. The Morgan fingerprint density at radius 3 is 1.88 bits per heavy atom. The summed E-state index contributed by atoms with van der Waals surface area (Å²) >= 11 is 0. The number of hydrogen-bond acceptors (Lipinski definition) is 3. The van der Waals surface area contributed by atoms with Crippen LogP contribution >= 0.6 is 0 Å². The minimum atomic E-state index is 0.225. The van der Waals surface area contributed by atoms with Gasteiger partial charge in [-0.25, -0.2) is 9.97 Å². The highest BCUT2D eigenvalue weighted by molar-refractivity contribution is 6.10. The topological polar surface area (TPSA) is 34.0 Å². The minimum Gasteiger partial charge on any atom is -0.309 e. The van der Waals surface area contributed by atoms with E-state index in [1.54, 1.807) is 0 Å². The largest absolute Gasteiger partial charge is 0.309 e. The summed E-state index contributed by atoms with van der Waals surface area (Å²) in [6.45, 7) is 0. The van der Waals surface area contributed by atoms with Crippen LogP contribution in [0.15, 0.2) is 182 Å². The highest BCUT2D eigenvalue weighted by Crippen LogP contribution is 2.51. The molecule has 2 aromatic heterocycles. The lowest BCUT2D eigenvalue weighted by Gasteiger charge is -2.25. The first-order valence-corrected chi connectivity index (χ1v) is 17.2. The maximum absolute atomic E-state index is 5.26. The van der Waals surface area contributed by atoms with Crippen LogP contribution in [0, 0.1) is 0 Å². The van der Waals surface area contributed by atoms with E-state index in [1.165, 1.54) is 49.9 Å². The number of rotatable bonds is 5. The van der Waals surface area contributed by atoms with E-state index in [-0.39, 0.29) is 5.92 Å². The highest BCUT2D eigenvalue weighted by Gasteiger charge is 2.37. The quantitative estimate of drug-likeness (QED) is 0.188. The fraction of sp³-hybridized carbons (Fsp3) is 0.0435. The summed E-state index contributed by atoms with van der Waals surface area (Å²) in [5.74, 6) is 0.914. The van der Waals surface area contributed by atoms with E-state index in [0.717, 1.165) is 34.6 Å². The fourth-order valence-corrected chi connectivity index (χ4v) is 7.80. The smallest absolute Gasteiger partial charge is 0.235 e. The summed E-state index contributed by atoms with van der Waals surface area (Å²) in [7, 11) is 0. The Kier molecular flexibility index (Phi) is 6.59. The molecule has 0 spiro atoms. The molecule has 0 bridgehead atoms. The van der Waals surface area contributed by atoms with E-state index in [0.29, 0.717) is 5.95 Å². The molecular weight excluding hydrogens is 609 g/mol. The van der Waals surface area contributed by atoms with Gasteiger partial charge in [-0.15, -0.1) is 0 Å². The van der Waals surface area contributed by atoms with E-state index in [2.05, 4.69) is 173 Å². The van der Waals surface area contributed by atoms with Gasteiger partial charge in [-0.3, -0.25) is 4.90 Å². The van der Waals surface area contributed by atoms with Crippen molar-refractivity contribution in [3.05, 3.63) is 193 Å². The zero-order valence-electron chi connectivity index (χ0n) is 27.3. The molecule has 50 heavy (non-hydrogen) atoms. The van der Waals surface area contributed by atoms with Gasteiger partial charge < -0.3 is 4.57 Å². The lowest BCUT2D eigenvalue weighted by atomic mass is 9.87. The van der Waals surface area contributed by atoms with Crippen LogP contribution in [0.2, 0.25) is 0 Å². The molecule has 0 saturated heterocycles. The number of benzene rings is 6. The summed E-state index contributed by atoms with van der Waals surface area (Å²) < 4.78 is 2.37. The standard InChI is InChI=1S/C46H32N4/c1-4-14-31(15-5-1)40-30-41(32-16-6-2-7-17-32)48-46(47-40)50-43-23-13-10-20-36(43)38-26-24-34(29-45(38)50)33-25-27-44-39(28-33)37-21-11-12-22-42(37)49(44)35-18-8-3-9-19-35/h1-25,27-30,38H,26H2. The Bertz CT molecular complexity index is 2560. The zero-order chi connectivity index (χ0) is 33.0. The van der Waals surface area contributed by atoms with E-state index >= 15 is 0 Å². The first kappa shape index (κ1) is 28.5. The lowest BCUT2D eigenvalue weighted by Crippen LogP contribution is -2.18. The van der Waals surface area contributed by atoms with E-state index in [9.17, 15) is 0 Å². The van der Waals surface area contributed by atoms with Crippen LogP contribution in [0.25, 0.3) is 55.6 Å². The predicted octanol–water partition coefficient (Wildman–Crippen LogP) is 11.5. The minimum absolute atomic E-state index is 0.225. The van der Waals surface area contributed by atoms with Gasteiger partial charge in [-0.05, 0) is 71.7 Å². The molecule has 1 atom stereocenters. The number of anilines is 2. The van der Waals surface area contributed by atoms with Crippen molar-refractivity contribution >= 4 is 39.0 Å². The normalized spacial score (nSPS) is 15.1. The molecule has 0 radical (unpaired) electrons. The Hall–Kier alpha value is -6.52. The summed E-state index contributed by atoms with van der Waals surface area (Å²) in [5.41, 5.74) is 13.6. The third-order valence-corrected chi connectivity index (χ3v) is 10.1. The molecule has 1 aliphatic carbocycles. The van der Waals surface area contributed by atoms with Crippen molar-refractivity contribution in [1.82, 2.24) is 14.5 Å². The molecule has 8 aromatic rings. The van der Waals surface area contributed by atoms with Gasteiger partial charge in [-0.2, -0.15) is 0 Å². The molecule has 0 N–H and O–H groups in total. The second-order valence-corrected chi connectivity index (χ2v) is 13.0. The van der Waals surface area contributed by atoms with Crippen molar-refractivity contribution in [3.8, 4) is 28.2 Å². The molecule has 10 rings (SSSR count). The zero-order valence-corrected chi connectivity index (χ0v) is 27.3. The van der Waals surface area contributed by atoms with Crippen molar-refractivity contribution in [1.29, 1.82) is 0 Å². The van der Waals surface area contributed by atoms with Crippen LogP contribution in [-0.4, -0.2) is 14.5 Å². The first-order chi connectivity index (χ1) is 24.8. The van der Waals surface area contributed by atoms with E-state index < -0.39 is 0 Å². The second-order valence-electron chi connectivity index (χ2n) is 13.0. The van der Waals surface area contributed by atoms with Gasteiger partial charge in [-0.1, -0.05) is 127 Å². The van der Waals surface area contributed by atoms with Gasteiger partial charge in [0.05, 0.1) is 28.1 Å². The SMILES string of the molecule is C1=C(c2ccc3c(c2)c2ccccc2n3-c2ccccc2)C=C2C(C1)c1ccccc1N2c1nc(-c2ccccc2)cc(-c2ccccc2)n1. The van der Waals surface area contributed by atoms with Crippen molar-refractivity contribution in [2.45, 2.75) is 12.3 Å². The molecule has 236 valence electrons. The van der Waals surface area contributed by atoms with Crippen LogP contribution in [-0.2, 0) is 0 Å². The van der Waals surface area contributed by atoms with Gasteiger partial charge in [0, 0.05) is 39.2 Å². The average Bonchev–Trinajstić information content (AvgIpc) is 3.71. The maximum Gasteiger partial charge on any atom is 0.235 e. The average molecular weight is 641 g/mol.